The van der Waals surface area contributed by atoms with Gasteiger partial charge in [0.05, 0.1) is 22.2 Å². The standard InChI is InChI=1S/C20H23N5O5S/c1-12(2)25(5)31(29,30)15-8-6-7-13(9-15)18(26)22-14-10-16-17(21-11-14)23(3)20(28)24(4)19(16)27/h6-12H,1-5H3,(H,22,26). The highest BCUT2D eigenvalue weighted by atomic mass is 32.2. The van der Waals surface area contributed by atoms with Gasteiger partial charge in [-0.25, -0.2) is 18.2 Å². The number of carbonyl (C=O) groups is 1. The van der Waals surface area contributed by atoms with Crippen molar-refractivity contribution < 1.29 is 13.2 Å². The van der Waals surface area contributed by atoms with Crippen molar-refractivity contribution in [3.05, 3.63) is 62.9 Å². The number of carbonyl (C=O) groups excluding carboxylic acids is 1. The molecule has 164 valence electrons. The van der Waals surface area contributed by atoms with Crippen LogP contribution in [0.3, 0.4) is 0 Å². The van der Waals surface area contributed by atoms with Crippen molar-refractivity contribution in [3.63, 3.8) is 0 Å². The molecule has 1 amide bonds. The third-order valence-corrected chi connectivity index (χ3v) is 7.08. The largest absolute Gasteiger partial charge is 0.332 e. The summed E-state index contributed by atoms with van der Waals surface area (Å²) in [6, 6.07) is 6.87. The van der Waals surface area contributed by atoms with Crippen LogP contribution in [0.5, 0.6) is 0 Å². The van der Waals surface area contributed by atoms with Crippen LogP contribution in [0, 0.1) is 0 Å². The molecule has 0 bridgehead atoms. The minimum absolute atomic E-state index is 0.00291. The van der Waals surface area contributed by atoms with Gasteiger partial charge < -0.3 is 5.32 Å². The lowest BCUT2D eigenvalue weighted by atomic mass is 10.2. The van der Waals surface area contributed by atoms with Gasteiger partial charge in [0.25, 0.3) is 11.5 Å². The average Bonchev–Trinajstić information content (AvgIpc) is 2.75. The lowest BCUT2D eigenvalue weighted by Crippen LogP contribution is -2.37. The number of pyridine rings is 1. The van der Waals surface area contributed by atoms with Crippen LogP contribution in [0.25, 0.3) is 11.0 Å². The summed E-state index contributed by atoms with van der Waals surface area (Å²) >= 11 is 0. The monoisotopic (exact) mass is 445 g/mol. The normalized spacial score (nSPS) is 12.0. The van der Waals surface area contributed by atoms with E-state index in [0.717, 1.165) is 4.57 Å². The Morgan fingerprint density at radius 3 is 2.45 bits per heavy atom. The zero-order chi connectivity index (χ0) is 23.1. The lowest BCUT2D eigenvalue weighted by molar-refractivity contribution is 0.102. The van der Waals surface area contributed by atoms with Crippen molar-refractivity contribution >= 4 is 32.7 Å². The summed E-state index contributed by atoms with van der Waals surface area (Å²) in [5.41, 5.74) is -0.485. The van der Waals surface area contributed by atoms with Crippen molar-refractivity contribution in [2.24, 2.45) is 14.1 Å². The molecule has 0 radical (unpaired) electrons. The van der Waals surface area contributed by atoms with E-state index in [1.165, 1.54) is 66.5 Å². The third-order valence-electron chi connectivity index (χ3n) is 5.05. The number of nitrogens with zero attached hydrogens (tertiary/aromatic N) is 4. The maximum atomic E-state index is 12.7. The molecule has 0 spiro atoms. The van der Waals surface area contributed by atoms with Crippen LogP contribution in [0.15, 0.2) is 51.0 Å². The Bertz CT molecular complexity index is 1410. The molecule has 2 aromatic heterocycles. The first-order chi connectivity index (χ1) is 14.4. The average molecular weight is 446 g/mol. The summed E-state index contributed by atoms with van der Waals surface area (Å²) in [6.45, 7) is 3.50. The molecule has 0 unspecified atom stereocenters. The van der Waals surface area contributed by atoms with Gasteiger partial charge in [-0.3, -0.25) is 18.7 Å². The smallest absolute Gasteiger partial charge is 0.321 e. The number of hydrogen-bond donors (Lipinski definition) is 1. The van der Waals surface area contributed by atoms with Crippen LogP contribution in [-0.4, -0.2) is 45.8 Å². The number of amides is 1. The van der Waals surface area contributed by atoms with Crippen molar-refractivity contribution in [2.45, 2.75) is 24.8 Å². The second kappa shape index (κ2) is 8.08. The summed E-state index contributed by atoms with van der Waals surface area (Å²) in [5.74, 6) is -0.563. The predicted octanol–water partition coefficient (Wildman–Crippen LogP) is 0.913. The van der Waals surface area contributed by atoms with Crippen LogP contribution in [0.2, 0.25) is 0 Å². The first kappa shape index (κ1) is 22.4. The molecular weight excluding hydrogens is 422 g/mol. The molecule has 1 aromatic carbocycles. The lowest BCUT2D eigenvalue weighted by Gasteiger charge is -2.21. The molecule has 0 aliphatic heterocycles. The molecular formula is C20H23N5O5S. The molecule has 1 N–H and O–H groups in total. The molecule has 0 aliphatic rings. The van der Waals surface area contributed by atoms with Crippen LogP contribution >= 0.6 is 0 Å². The van der Waals surface area contributed by atoms with E-state index in [-0.39, 0.29) is 33.2 Å². The number of aryl methyl sites for hydroxylation is 1. The highest BCUT2D eigenvalue weighted by Crippen LogP contribution is 2.19. The molecule has 0 fully saturated rings. The molecule has 0 saturated carbocycles. The zero-order valence-corrected chi connectivity index (χ0v) is 18.6. The molecule has 0 saturated heterocycles. The number of sulfonamides is 1. The second-order valence-corrected chi connectivity index (χ2v) is 9.40. The van der Waals surface area contributed by atoms with E-state index >= 15 is 0 Å². The van der Waals surface area contributed by atoms with Crippen LogP contribution < -0.4 is 16.6 Å². The summed E-state index contributed by atoms with van der Waals surface area (Å²) in [7, 11) is 0.575. The van der Waals surface area contributed by atoms with Crippen molar-refractivity contribution in [1.29, 1.82) is 0 Å². The number of fused-ring (bicyclic) bond motifs is 1. The van der Waals surface area contributed by atoms with E-state index in [1.807, 2.05) is 0 Å². The molecule has 0 atom stereocenters. The Morgan fingerprint density at radius 2 is 1.81 bits per heavy atom. The van der Waals surface area contributed by atoms with Gasteiger partial charge in [-0.15, -0.1) is 0 Å². The van der Waals surface area contributed by atoms with E-state index in [4.69, 9.17) is 0 Å². The summed E-state index contributed by atoms with van der Waals surface area (Å²) < 4.78 is 28.8. The number of anilines is 1. The number of aromatic nitrogens is 3. The fourth-order valence-corrected chi connectivity index (χ4v) is 4.39. The second-order valence-electron chi connectivity index (χ2n) is 7.40. The van der Waals surface area contributed by atoms with E-state index in [1.54, 1.807) is 13.8 Å². The van der Waals surface area contributed by atoms with Gasteiger partial charge in [-0.2, -0.15) is 4.31 Å². The van der Waals surface area contributed by atoms with E-state index < -0.39 is 27.2 Å². The maximum Gasteiger partial charge on any atom is 0.332 e. The maximum absolute atomic E-state index is 12.7. The first-order valence-corrected chi connectivity index (χ1v) is 10.8. The number of rotatable bonds is 5. The summed E-state index contributed by atoms with van der Waals surface area (Å²) in [4.78, 5) is 41.3. The fraction of sp³-hybridized carbons (Fsp3) is 0.300. The summed E-state index contributed by atoms with van der Waals surface area (Å²) in [5, 5.41) is 2.78. The van der Waals surface area contributed by atoms with Gasteiger partial charge in [0, 0.05) is 32.7 Å². The Kier molecular flexibility index (Phi) is 5.83. The molecule has 11 heteroatoms. The molecule has 0 aliphatic carbocycles. The fourth-order valence-electron chi connectivity index (χ4n) is 2.98. The SMILES string of the molecule is CC(C)N(C)S(=O)(=O)c1cccc(C(=O)Nc2cnc3c(c2)c(=O)n(C)c(=O)n3C)c1. The van der Waals surface area contributed by atoms with Crippen LogP contribution in [-0.2, 0) is 24.1 Å². The predicted molar refractivity (Wildman–Crippen MR) is 117 cm³/mol. The quantitative estimate of drug-likeness (QED) is 0.623. The van der Waals surface area contributed by atoms with Crippen LogP contribution in [0.4, 0.5) is 5.69 Å². The molecule has 3 rings (SSSR count). The molecule has 2 heterocycles. The minimum atomic E-state index is -3.75. The Hall–Kier alpha value is -3.31. The number of hydrogen-bond acceptors (Lipinski definition) is 6. The van der Waals surface area contributed by atoms with Crippen molar-refractivity contribution in [3.8, 4) is 0 Å². The van der Waals surface area contributed by atoms with Crippen LogP contribution in [0.1, 0.15) is 24.2 Å². The van der Waals surface area contributed by atoms with Gasteiger partial charge in [0.2, 0.25) is 10.0 Å². The number of benzene rings is 1. The van der Waals surface area contributed by atoms with E-state index in [0.29, 0.717) is 0 Å². The highest BCUT2D eigenvalue weighted by molar-refractivity contribution is 7.89. The number of nitrogens with one attached hydrogen (secondary N) is 1. The first-order valence-electron chi connectivity index (χ1n) is 9.40. The van der Waals surface area contributed by atoms with Gasteiger partial charge in [0.15, 0.2) is 0 Å². The molecule has 31 heavy (non-hydrogen) atoms. The van der Waals surface area contributed by atoms with E-state index in [2.05, 4.69) is 10.3 Å². The van der Waals surface area contributed by atoms with Crippen molar-refractivity contribution in [1.82, 2.24) is 18.4 Å². The highest BCUT2D eigenvalue weighted by Gasteiger charge is 2.24. The van der Waals surface area contributed by atoms with Gasteiger partial charge in [-0.05, 0) is 38.1 Å². The van der Waals surface area contributed by atoms with Gasteiger partial charge in [-0.1, -0.05) is 6.07 Å². The summed E-state index contributed by atoms with van der Waals surface area (Å²) in [6.07, 6.45) is 1.33. The zero-order valence-electron chi connectivity index (χ0n) is 17.8. The minimum Gasteiger partial charge on any atom is -0.321 e. The Labute approximate surface area is 178 Å². The Morgan fingerprint density at radius 1 is 1.13 bits per heavy atom. The van der Waals surface area contributed by atoms with Gasteiger partial charge in [0.1, 0.15) is 5.65 Å². The van der Waals surface area contributed by atoms with E-state index in [9.17, 15) is 22.8 Å². The van der Waals surface area contributed by atoms with Crippen molar-refractivity contribution in [2.75, 3.05) is 12.4 Å². The molecule has 10 nitrogen and oxygen atoms in total. The van der Waals surface area contributed by atoms with Gasteiger partial charge >= 0.3 is 5.69 Å². The Balaban J connectivity index is 1.97. The molecule has 3 aromatic rings. The topological polar surface area (TPSA) is 123 Å². The third kappa shape index (κ3) is 4.01.